The van der Waals surface area contributed by atoms with Crippen LogP contribution in [0.15, 0.2) is 33.9 Å². The number of fused-ring (bicyclic) bond motifs is 2. The Balaban J connectivity index is 1.21. The van der Waals surface area contributed by atoms with Crippen LogP contribution in [0, 0.1) is 16.7 Å². The van der Waals surface area contributed by atoms with E-state index < -0.39 is 5.97 Å². The highest BCUT2D eigenvalue weighted by Crippen LogP contribution is 2.65. The fraction of sp³-hybridized carbons (Fsp3) is 0.545. The van der Waals surface area contributed by atoms with Gasteiger partial charge in [0.1, 0.15) is 5.75 Å². The molecule has 0 radical (unpaired) electrons. The van der Waals surface area contributed by atoms with E-state index >= 15 is 0 Å². The number of nitrogens with zero attached hydrogens (tertiary/aromatic N) is 2. The zero-order valence-corrected chi connectivity index (χ0v) is 19.4. The van der Waals surface area contributed by atoms with E-state index in [4.69, 9.17) is 20.8 Å². The molecule has 3 atom stereocenters. The van der Waals surface area contributed by atoms with Gasteiger partial charge in [0.05, 0.1) is 0 Å². The molecule has 7 nitrogen and oxygen atoms in total. The van der Waals surface area contributed by atoms with Gasteiger partial charge in [-0.1, -0.05) is 44.1 Å². The molecular weight excluding hydrogens is 438 g/mol. The fourth-order valence-corrected chi connectivity index (χ4v) is 5.63. The lowest BCUT2D eigenvalue weighted by atomic mass is 9.69. The number of rotatable bonds is 7. The average molecular weight is 464 g/mol. The van der Waals surface area contributed by atoms with Crippen LogP contribution in [0.25, 0.3) is 11.5 Å². The highest BCUT2D eigenvalue weighted by Gasteiger charge is 2.61. The Labute approximate surface area is 190 Å². The molecule has 4 rings (SSSR count). The first-order valence-electron chi connectivity index (χ1n) is 10.4. The van der Waals surface area contributed by atoms with Crippen LogP contribution in [0.4, 0.5) is 0 Å². The predicted octanol–water partition coefficient (Wildman–Crippen LogP) is 4.36. The van der Waals surface area contributed by atoms with Crippen molar-refractivity contribution in [1.82, 2.24) is 15.5 Å². The van der Waals surface area contributed by atoms with Crippen LogP contribution >= 0.6 is 23.4 Å². The second-order valence-corrected chi connectivity index (χ2v) is 10.4. The van der Waals surface area contributed by atoms with Crippen LogP contribution < -0.4 is 5.32 Å². The highest BCUT2D eigenvalue weighted by atomic mass is 35.5. The largest absolute Gasteiger partial charge is 0.455 e. The summed E-state index contributed by atoms with van der Waals surface area (Å²) in [6, 6.07) is 7.14. The summed E-state index contributed by atoms with van der Waals surface area (Å²) in [5.74, 6) is 0.191. The van der Waals surface area contributed by atoms with Gasteiger partial charge >= 0.3 is 5.97 Å². The van der Waals surface area contributed by atoms with Crippen molar-refractivity contribution in [2.45, 2.75) is 51.3 Å². The van der Waals surface area contributed by atoms with Crippen molar-refractivity contribution in [3.8, 4) is 11.5 Å². The van der Waals surface area contributed by atoms with E-state index in [1.54, 1.807) is 24.3 Å². The minimum absolute atomic E-state index is 0.0220. The second kappa shape index (κ2) is 8.47. The number of carbonyl (C=O) groups excluding carboxylic acids is 2. The molecule has 166 valence electrons. The van der Waals surface area contributed by atoms with E-state index in [-0.39, 0.29) is 40.4 Å². The van der Waals surface area contributed by atoms with Gasteiger partial charge in [-0.3, -0.25) is 9.59 Å². The van der Waals surface area contributed by atoms with Crippen molar-refractivity contribution in [3.63, 3.8) is 0 Å². The maximum atomic E-state index is 12.3. The molecule has 3 unspecified atom stereocenters. The van der Waals surface area contributed by atoms with Crippen molar-refractivity contribution >= 4 is 35.2 Å². The van der Waals surface area contributed by atoms with E-state index in [0.29, 0.717) is 16.8 Å². The summed E-state index contributed by atoms with van der Waals surface area (Å²) in [7, 11) is 0. The standard InChI is InChI=1S/C22H26ClN3O4S/c1-21(2)14-8-9-22(21,3)16(10-14)24-17(27)11-29-18(28)12-31-20-26-25-19(30-20)13-4-6-15(23)7-5-13/h4-7,14,16H,8-12H2,1-3H3,(H,24,27). The third kappa shape index (κ3) is 4.32. The Morgan fingerprint density at radius 1 is 1.26 bits per heavy atom. The Hall–Kier alpha value is -2.06. The molecule has 2 aromatic rings. The number of hydrogen-bond donors (Lipinski definition) is 1. The number of amides is 1. The van der Waals surface area contributed by atoms with E-state index in [9.17, 15) is 9.59 Å². The van der Waals surface area contributed by atoms with Crippen molar-refractivity contribution in [2.24, 2.45) is 16.7 Å². The monoisotopic (exact) mass is 463 g/mol. The lowest BCUT2D eigenvalue weighted by molar-refractivity contribution is -0.146. The molecule has 2 aliphatic rings. The minimum atomic E-state index is -0.508. The minimum Gasteiger partial charge on any atom is -0.455 e. The van der Waals surface area contributed by atoms with Crippen molar-refractivity contribution in [2.75, 3.05) is 12.4 Å². The predicted molar refractivity (Wildman–Crippen MR) is 118 cm³/mol. The van der Waals surface area contributed by atoms with Crippen LogP contribution in [0.2, 0.25) is 5.02 Å². The third-order valence-electron chi connectivity index (χ3n) is 7.30. The summed E-state index contributed by atoms with van der Waals surface area (Å²) in [5.41, 5.74) is 1.04. The molecule has 2 bridgehead atoms. The van der Waals surface area contributed by atoms with E-state index in [0.717, 1.165) is 30.2 Å². The molecular formula is C22H26ClN3O4S. The van der Waals surface area contributed by atoms with Gasteiger partial charge in [-0.25, -0.2) is 0 Å². The zero-order valence-electron chi connectivity index (χ0n) is 17.8. The smallest absolute Gasteiger partial charge is 0.316 e. The second-order valence-electron chi connectivity index (χ2n) is 9.06. The molecule has 1 amide bonds. The number of carbonyl (C=O) groups is 2. The molecule has 31 heavy (non-hydrogen) atoms. The summed E-state index contributed by atoms with van der Waals surface area (Å²) in [4.78, 5) is 24.4. The maximum absolute atomic E-state index is 12.3. The molecule has 0 saturated heterocycles. The number of hydrogen-bond acceptors (Lipinski definition) is 7. The van der Waals surface area contributed by atoms with Gasteiger partial charge in [0.15, 0.2) is 6.61 Å². The van der Waals surface area contributed by atoms with Gasteiger partial charge in [0.2, 0.25) is 5.89 Å². The van der Waals surface area contributed by atoms with Crippen LogP contribution in [0.5, 0.6) is 0 Å². The molecule has 1 N–H and O–H groups in total. The lowest BCUT2D eigenvalue weighted by Crippen LogP contribution is -2.48. The van der Waals surface area contributed by atoms with Crippen molar-refractivity contribution in [1.29, 1.82) is 0 Å². The third-order valence-corrected chi connectivity index (χ3v) is 8.35. The summed E-state index contributed by atoms with van der Waals surface area (Å²) in [5, 5.41) is 11.8. The first-order chi connectivity index (χ1) is 14.7. The average Bonchev–Trinajstić information content (AvgIpc) is 3.34. The molecule has 0 spiro atoms. The van der Waals surface area contributed by atoms with Crippen molar-refractivity contribution in [3.05, 3.63) is 29.3 Å². The molecule has 0 aliphatic heterocycles. The number of esters is 1. The Morgan fingerprint density at radius 3 is 2.65 bits per heavy atom. The number of aromatic nitrogens is 2. The molecule has 2 aliphatic carbocycles. The van der Waals surface area contributed by atoms with Crippen LogP contribution in [-0.2, 0) is 14.3 Å². The van der Waals surface area contributed by atoms with Gasteiger partial charge in [0, 0.05) is 16.6 Å². The van der Waals surface area contributed by atoms with E-state index in [1.807, 2.05) is 0 Å². The first-order valence-corrected chi connectivity index (χ1v) is 11.7. The maximum Gasteiger partial charge on any atom is 0.316 e. The summed E-state index contributed by atoms with van der Waals surface area (Å²) >= 11 is 6.94. The van der Waals surface area contributed by atoms with Crippen molar-refractivity contribution < 1.29 is 18.7 Å². The first kappa shape index (κ1) is 22.1. The molecule has 9 heteroatoms. The number of ether oxygens (including phenoxy) is 1. The lowest BCUT2D eigenvalue weighted by Gasteiger charge is -2.39. The Morgan fingerprint density at radius 2 is 2.00 bits per heavy atom. The van der Waals surface area contributed by atoms with Crippen LogP contribution in [-0.4, -0.2) is 40.5 Å². The molecule has 2 saturated carbocycles. The molecule has 1 aromatic carbocycles. The normalized spacial score (nSPS) is 26.1. The number of benzene rings is 1. The van der Waals surface area contributed by atoms with Crippen LogP contribution in [0.3, 0.4) is 0 Å². The van der Waals surface area contributed by atoms with Gasteiger partial charge in [-0.05, 0) is 60.3 Å². The van der Waals surface area contributed by atoms with E-state index in [2.05, 4.69) is 36.3 Å². The van der Waals surface area contributed by atoms with Gasteiger partial charge in [-0.15, -0.1) is 10.2 Å². The Bertz CT molecular complexity index is 977. The number of halogens is 1. The van der Waals surface area contributed by atoms with Gasteiger partial charge in [-0.2, -0.15) is 0 Å². The van der Waals surface area contributed by atoms with Crippen LogP contribution in [0.1, 0.15) is 40.0 Å². The van der Waals surface area contributed by atoms with Gasteiger partial charge in [0.25, 0.3) is 11.1 Å². The molecule has 1 heterocycles. The quantitative estimate of drug-likeness (QED) is 0.481. The highest BCUT2D eigenvalue weighted by molar-refractivity contribution is 7.99. The summed E-state index contributed by atoms with van der Waals surface area (Å²) in [6.07, 6.45) is 3.33. The summed E-state index contributed by atoms with van der Waals surface area (Å²) in [6.45, 7) is 6.57. The van der Waals surface area contributed by atoms with Gasteiger partial charge < -0.3 is 14.5 Å². The Kier molecular flexibility index (Phi) is 6.05. The molecule has 1 aromatic heterocycles. The fourth-order valence-electron chi connectivity index (χ4n) is 4.94. The number of thioether (sulfide) groups is 1. The number of nitrogens with one attached hydrogen (secondary N) is 1. The topological polar surface area (TPSA) is 94.3 Å². The zero-order chi connectivity index (χ0) is 22.2. The van der Waals surface area contributed by atoms with E-state index in [1.165, 1.54) is 6.42 Å². The summed E-state index contributed by atoms with van der Waals surface area (Å²) < 4.78 is 10.7. The molecule has 2 fully saturated rings. The SMILES string of the molecule is CC1(C)C2CCC1(C)C(NC(=O)COC(=O)CSc1nnc(-c3ccc(Cl)cc3)o1)C2.